The van der Waals surface area contributed by atoms with Crippen molar-refractivity contribution in [2.45, 2.75) is 44.4 Å². The lowest BCUT2D eigenvalue weighted by atomic mass is 9.92. The average molecular weight is 452 g/mol. The number of halogens is 3. The Balaban J connectivity index is 1.34. The Labute approximate surface area is 184 Å². The molecule has 29 heavy (non-hydrogen) atoms. The lowest BCUT2D eigenvalue weighted by molar-refractivity contribution is 0.139. The Hall–Kier alpha value is -1.72. The van der Waals surface area contributed by atoms with Gasteiger partial charge in [0.15, 0.2) is 0 Å². The molecule has 1 aliphatic carbocycles. The first kappa shape index (κ1) is 20.5. The summed E-state index contributed by atoms with van der Waals surface area (Å²) in [6, 6.07) is 11.5. The summed E-state index contributed by atoms with van der Waals surface area (Å²) in [7, 11) is 0. The molecule has 2 aromatic carbocycles. The highest BCUT2D eigenvalue weighted by Crippen LogP contribution is 2.32. The third-order valence-electron chi connectivity index (χ3n) is 5.41. The molecule has 0 aliphatic heterocycles. The van der Waals surface area contributed by atoms with Crippen molar-refractivity contribution in [1.29, 1.82) is 0 Å². The van der Waals surface area contributed by atoms with E-state index in [9.17, 15) is 4.79 Å². The summed E-state index contributed by atoms with van der Waals surface area (Å²) < 4.78 is 6.17. The van der Waals surface area contributed by atoms with Crippen LogP contribution in [0.15, 0.2) is 47.4 Å². The molecule has 4 nitrogen and oxygen atoms in total. The summed E-state index contributed by atoms with van der Waals surface area (Å²) in [6.07, 6.45) is 5.63. The van der Waals surface area contributed by atoms with Gasteiger partial charge in [-0.05, 0) is 60.9 Å². The van der Waals surface area contributed by atoms with Crippen molar-refractivity contribution in [2.75, 3.05) is 0 Å². The van der Waals surface area contributed by atoms with Gasteiger partial charge in [0.25, 0.3) is 5.56 Å². The average Bonchev–Trinajstić information content (AvgIpc) is 2.71. The molecule has 0 radical (unpaired) electrons. The van der Waals surface area contributed by atoms with E-state index >= 15 is 0 Å². The van der Waals surface area contributed by atoms with E-state index in [1.165, 1.54) is 0 Å². The fraction of sp³-hybridized carbons (Fsp3) is 0.318. The van der Waals surface area contributed by atoms with Crippen molar-refractivity contribution in [3.8, 4) is 5.75 Å². The van der Waals surface area contributed by atoms with Crippen LogP contribution < -0.4 is 15.6 Å². The first-order valence-corrected chi connectivity index (χ1v) is 10.8. The van der Waals surface area contributed by atoms with Gasteiger partial charge in [-0.15, -0.1) is 0 Å². The normalized spacial score (nSPS) is 19.4. The van der Waals surface area contributed by atoms with Gasteiger partial charge in [-0.1, -0.05) is 46.9 Å². The number of nitrogens with one attached hydrogen (secondary N) is 2. The number of benzene rings is 2. The van der Waals surface area contributed by atoms with Crippen LogP contribution in [0.4, 0.5) is 0 Å². The zero-order valence-corrected chi connectivity index (χ0v) is 17.9. The maximum Gasteiger partial charge on any atom is 0.255 e. The topological polar surface area (TPSA) is 54.1 Å². The summed E-state index contributed by atoms with van der Waals surface area (Å²) in [5, 5.41) is 6.62. The summed E-state index contributed by atoms with van der Waals surface area (Å²) >= 11 is 18.7. The highest BCUT2D eigenvalue weighted by atomic mass is 35.5. The van der Waals surface area contributed by atoms with Crippen molar-refractivity contribution in [1.82, 2.24) is 10.3 Å². The van der Waals surface area contributed by atoms with Gasteiger partial charge in [0.2, 0.25) is 0 Å². The minimum absolute atomic E-state index is 0.111. The van der Waals surface area contributed by atoms with Gasteiger partial charge in [-0.2, -0.15) is 0 Å². The molecular formula is C22H21Cl3N2O2. The monoisotopic (exact) mass is 450 g/mol. The molecule has 0 unspecified atom stereocenters. The van der Waals surface area contributed by atoms with E-state index in [-0.39, 0.29) is 11.7 Å². The molecule has 3 aromatic rings. The molecule has 1 aliphatic rings. The van der Waals surface area contributed by atoms with E-state index in [1.807, 2.05) is 24.3 Å². The fourth-order valence-electron chi connectivity index (χ4n) is 3.78. The van der Waals surface area contributed by atoms with Crippen molar-refractivity contribution in [3.05, 3.63) is 73.6 Å². The highest BCUT2D eigenvalue weighted by Gasteiger charge is 2.23. The SMILES string of the molecule is O=c1[nH]ccc2cc(O[C@H]3CC[C@@H](NCc4cccc(Cl)c4Cl)CC3)c(Cl)cc12. The zero-order valence-electron chi connectivity index (χ0n) is 15.7. The lowest BCUT2D eigenvalue weighted by Gasteiger charge is -2.30. The van der Waals surface area contributed by atoms with Gasteiger partial charge < -0.3 is 15.0 Å². The van der Waals surface area contributed by atoms with Gasteiger partial charge >= 0.3 is 0 Å². The molecule has 0 atom stereocenters. The minimum atomic E-state index is -0.151. The maximum atomic E-state index is 11.9. The second kappa shape index (κ2) is 8.97. The predicted molar refractivity (Wildman–Crippen MR) is 120 cm³/mol. The van der Waals surface area contributed by atoms with Crippen LogP contribution in [0.1, 0.15) is 31.2 Å². The van der Waals surface area contributed by atoms with Crippen molar-refractivity contribution >= 4 is 45.6 Å². The maximum absolute atomic E-state index is 11.9. The van der Waals surface area contributed by atoms with Crippen molar-refractivity contribution < 1.29 is 4.74 Å². The molecule has 152 valence electrons. The van der Waals surface area contributed by atoms with Gasteiger partial charge in [0.1, 0.15) is 5.75 Å². The molecule has 0 saturated heterocycles. The molecular weight excluding hydrogens is 431 g/mol. The lowest BCUT2D eigenvalue weighted by Crippen LogP contribution is -2.36. The fourth-order valence-corrected chi connectivity index (χ4v) is 4.38. The van der Waals surface area contributed by atoms with Gasteiger partial charge in [-0.25, -0.2) is 0 Å². The van der Waals surface area contributed by atoms with Gasteiger partial charge in [0.05, 0.1) is 21.2 Å². The largest absolute Gasteiger partial charge is 0.489 e. The van der Waals surface area contributed by atoms with Crippen LogP contribution in [-0.2, 0) is 6.54 Å². The molecule has 7 heteroatoms. The number of fused-ring (bicyclic) bond motifs is 1. The Morgan fingerprint density at radius 1 is 1.03 bits per heavy atom. The van der Waals surface area contributed by atoms with Crippen LogP contribution in [-0.4, -0.2) is 17.1 Å². The molecule has 1 saturated carbocycles. The molecule has 0 spiro atoms. The zero-order chi connectivity index (χ0) is 20.4. The highest BCUT2D eigenvalue weighted by molar-refractivity contribution is 6.42. The van der Waals surface area contributed by atoms with E-state index in [2.05, 4.69) is 10.3 Å². The van der Waals surface area contributed by atoms with Crippen LogP contribution in [0, 0.1) is 0 Å². The Bertz CT molecular complexity index is 1080. The minimum Gasteiger partial charge on any atom is -0.489 e. The Kier molecular flexibility index (Phi) is 6.35. The number of hydrogen-bond acceptors (Lipinski definition) is 3. The number of H-pyrrole nitrogens is 1. The van der Waals surface area contributed by atoms with Crippen molar-refractivity contribution in [2.24, 2.45) is 0 Å². The van der Waals surface area contributed by atoms with Crippen LogP contribution in [0.3, 0.4) is 0 Å². The number of hydrogen-bond donors (Lipinski definition) is 2. The van der Waals surface area contributed by atoms with Crippen LogP contribution in [0.2, 0.25) is 15.1 Å². The van der Waals surface area contributed by atoms with E-state index in [0.717, 1.165) is 36.6 Å². The molecule has 2 N–H and O–H groups in total. The van der Waals surface area contributed by atoms with Crippen molar-refractivity contribution in [3.63, 3.8) is 0 Å². The third-order valence-corrected chi connectivity index (χ3v) is 6.56. The standard InChI is InChI=1S/C22H21Cl3N2O2/c23-18-3-1-2-14(21(18)25)12-27-15-4-6-16(7-5-15)29-20-10-13-8-9-26-22(28)17(13)11-19(20)24/h1-3,8-11,15-16,27H,4-7,12H2,(H,26,28)/t15-,16+. The van der Waals surface area contributed by atoms with Crippen LogP contribution in [0.5, 0.6) is 5.75 Å². The molecule has 0 amide bonds. The Morgan fingerprint density at radius 2 is 1.83 bits per heavy atom. The van der Waals surface area contributed by atoms with Gasteiger partial charge in [-0.3, -0.25) is 4.79 Å². The smallest absolute Gasteiger partial charge is 0.255 e. The first-order chi connectivity index (χ1) is 14.0. The summed E-state index contributed by atoms with van der Waals surface area (Å²) in [5.41, 5.74) is 0.859. The summed E-state index contributed by atoms with van der Waals surface area (Å²) in [5.74, 6) is 0.631. The number of rotatable bonds is 5. The van der Waals surface area contributed by atoms with Gasteiger partial charge in [0, 0.05) is 24.2 Å². The third kappa shape index (κ3) is 4.72. The molecule has 4 rings (SSSR count). The first-order valence-electron chi connectivity index (χ1n) is 9.65. The van der Waals surface area contributed by atoms with E-state index in [1.54, 1.807) is 18.3 Å². The van der Waals surface area contributed by atoms with Crippen LogP contribution >= 0.6 is 34.8 Å². The summed E-state index contributed by atoms with van der Waals surface area (Å²) in [4.78, 5) is 14.6. The van der Waals surface area contributed by atoms with E-state index < -0.39 is 0 Å². The van der Waals surface area contributed by atoms with Crippen LogP contribution in [0.25, 0.3) is 10.8 Å². The van der Waals surface area contributed by atoms with E-state index in [4.69, 9.17) is 39.5 Å². The second-order valence-electron chi connectivity index (χ2n) is 7.36. The molecule has 1 aromatic heterocycles. The number of pyridine rings is 1. The molecule has 1 fully saturated rings. The second-order valence-corrected chi connectivity index (χ2v) is 8.55. The number of aromatic amines is 1. The molecule has 1 heterocycles. The summed E-state index contributed by atoms with van der Waals surface area (Å²) in [6.45, 7) is 0.695. The predicted octanol–water partition coefficient (Wildman–Crippen LogP) is 5.97. The number of aromatic nitrogens is 1. The van der Waals surface area contributed by atoms with E-state index in [0.29, 0.717) is 38.8 Å². The number of ether oxygens (including phenoxy) is 1. The quantitative estimate of drug-likeness (QED) is 0.502. The Morgan fingerprint density at radius 3 is 2.62 bits per heavy atom. The molecule has 0 bridgehead atoms.